The lowest BCUT2D eigenvalue weighted by Gasteiger charge is -2.13. The van der Waals surface area contributed by atoms with Gasteiger partial charge in [-0.05, 0) is 30.7 Å². The Labute approximate surface area is 129 Å². The Morgan fingerprint density at radius 3 is 2.55 bits per heavy atom. The fraction of sp³-hybridized carbons (Fsp3) is 0.286. The summed E-state index contributed by atoms with van der Waals surface area (Å²) >= 11 is 0. The Hall–Kier alpha value is -2.19. The molecule has 0 radical (unpaired) electrons. The lowest BCUT2D eigenvalue weighted by Crippen LogP contribution is -2.40. The van der Waals surface area contributed by atoms with Gasteiger partial charge in [0.2, 0.25) is 15.9 Å². The highest BCUT2D eigenvalue weighted by molar-refractivity contribution is 7.88. The topological polar surface area (TPSA) is 93.1 Å². The van der Waals surface area contributed by atoms with E-state index in [4.69, 9.17) is 0 Å². The molecule has 0 aliphatic heterocycles. The molecular weight excluding hydrogens is 304 g/mol. The van der Waals surface area contributed by atoms with Crippen molar-refractivity contribution >= 4 is 21.6 Å². The van der Waals surface area contributed by atoms with Gasteiger partial charge in [0.1, 0.15) is 0 Å². The van der Waals surface area contributed by atoms with E-state index < -0.39 is 22.0 Å². The summed E-state index contributed by atoms with van der Waals surface area (Å²) in [7, 11) is -3.42. The Bertz CT molecular complexity index is 724. The first-order valence-electron chi connectivity index (χ1n) is 6.68. The number of carbonyl (C=O) groups excluding carboxylic acids is 1. The van der Waals surface area contributed by atoms with Gasteiger partial charge in [-0.2, -0.15) is 5.10 Å². The third kappa shape index (κ3) is 4.97. The fourth-order valence-corrected chi connectivity index (χ4v) is 2.65. The Morgan fingerprint density at radius 2 is 2.00 bits per heavy atom. The third-order valence-electron chi connectivity index (χ3n) is 2.91. The highest BCUT2D eigenvalue weighted by Crippen LogP contribution is 2.11. The zero-order valence-electron chi connectivity index (χ0n) is 12.4. The molecule has 7 nitrogen and oxygen atoms in total. The monoisotopic (exact) mass is 322 g/mol. The van der Waals surface area contributed by atoms with Gasteiger partial charge in [-0.3, -0.25) is 9.48 Å². The van der Waals surface area contributed by atoms with Crippen molar-refractivity contribution < 1.29 is 13.2 Å². The van der Waals surface area contributed by atoms with Crippen LogP contribution in [0.1, 0.15) is 12.5 Å². The van der Waals surface area contributed by atoms with Crippen molar-refractivity contribution in [3.05, 3.63) is 48.3 Å². The van der Waals surface area contributed by atoms with Crippen molar-refractivity contribution in [3.8, 4) is 0 Å². The summed E-state index contributed by atoms with van der Waals surface area (Å²) in [6, 6.07) is 8.31. The predicted molar refractivity (Wildman–Crippen MR) is 83.8 cm³/mol. The zero-order chi connectivity index (χ0) is 16.2. The van der Waals surface area contributed by atoms with Crippen LogP contribution < -0.4 is 10.0 Å². The standard InChI is InChI=1S/C14H18N4O3S/c1-11(17-22(2,20)21)14(19)16-13-6-4-12(5-7-13)10-18-9-3-8-15-18/h3-9,11,17H,10H2,1-2H3,(H,16,19). The van der Waals surface area contributed by atoms with Crippen LogP contribution in [-0.2, 0) is 21.4 Å². The molecule has 2 aromatic rings. The van der Waals surface area contributed by atoms with Crippen molar-refractivity contribution in [2.24, 2.45) is 0 Å². The Morgan fingerprint density at radius 1 is 1.32 bits per heavy atom. The Balaban J connectivity index is 1.94. The maximum absolute atomic E-state index is 11.9. The van der Waals surface area contributed by atoms with Crippen LogP contribution in [0.3, 0.4) is 0 Å². The number of benzene rings is 1. The molecule has 1 unspecified atom stereocenters. The van der Waals surface area contributed by atoms with Gasteiger partial charge in [-0.25, -0.2) is 13.1 Å². The lowest BCUT2D eigenvalue weighted by molar-refractivity contribution is -0.117. The molecule has 1 heterocycles. The second-order valence-corrected chi connectivity index (χ2v) is 6.78. The summed E-state index contributed by atoms with van der Waals surface area (Å²) in [5.74, 6) is -0.412. The first-order valence-corrected chi connectivity index (χ1v) is 8.57. The molecule has 1 atom stereocenters. The molecule has 0 fully saturated rings. The quantitative estimate of drug-likeness (QED) is 0.823. The van der Waals surface area contributed by atoms with E-state index in [2.05, 4.69) is 15.1 Å². The van der Waals surface area contributed by atoms with Crippen molar-refractivity contribution in [1.29, 1.82) is 0 Å². The summed E-state index contributed by atoms with van der Waals surface area (Å²) in [6.07, 6.45) is 4.60. The normalized spacial score (nSPS) is 12.8. The summed E-state index contributed by atoms with van der Waals surface area (Å²) in [5.41, 5.74) is 1.65. The number of hydrogen-bond donors (Lipinski definition) is 2. The van der Waals surface area contributed by atoms with Crippen LogP contribution in [0.4, 0.5) is 5.69 Å². The Kier molecular flexibility index (Phi) is 4.94. The van der Waals surface area contributed by atoms with Gasteiger partial charge in [0, 0.05) is 18.1 Å². The van der Waals surface area contributed by atoms with Gasteiger partial charge < -0.3 is 5.32 Å². The number of amides is 1. The van der Waals surface area contributed by atoms with Crippen LogP contribution in [0.2, 0.25) is 0 Å². The molecule has 0 spiro atoms. The first-order chi connectivity index (χ1) is 10.3. The fourth-order valence-electron chi connectivity index (χ4n) is 1.90. The van der Waals surface area contributed by atoms with E-state index in [0.29, 0.717) is 12.2 Å². The van der Waals surface area contributed by atoms with Crippen molar-refractivity contribution in [1.82, 2.24) is 14.5 Å². The van der Waals surface area contributed by atoms with Crippen molar-refractivity contribution in [2.45, 2.75) is 19.5 Å². The first kappa shape index (κ1) is 16.2. The van der Waals surface area contributed by atoms with E-state index in [9.17, 15) is 13.2 Å². The number of nitrogens with one attached hydrogen (secondary N) is 2. The average Bonchev–Trinajstić information content (AvgIpc) is 2.92. The summed E-state index contributed by atoms with van der Waals surface area (Å²) in [6.45, 7) is 2.13. The molecule has 0 saturated carbocycles. The molecule has 22 heavy (non-hydrogen) atoms. The van der Waals surface area contributed by atoms with Gasteiger partial charge in [-0.15, -0.1) is 0 Å². The molecule has 2 N–H and O–H groups in total. The van der Waals surface area contributed by atoms with E-state index in [1.165, 1.54) is 6.92 Å². The summed E-state index contributed by atoms with van der Waals surface area (Å²) < 4.78 is 26.2. The van der Waals surface area contributed by atoms with Gasteiger partial charge in [0.05, 0.1) is 18.8 Å². The van der Waals surface area contributed by atoms with Gasteiger partial charge in [0.15, 0.2) is 0 Å². The number of rotatable bonds is 6. The molecule has 1 aromatic carbocycles. The largest absolute Gasteiger partial charge is 0.325 e. The van der Waals surface area contributed by atoms with Crippen LogP contribution >= 0.6 is 0 Å². The SMILES string of the molecule is CC(NS(C)(=O)=O)C(=O)Nc1ccc(Cn2cccn2)cc1. The molecule has 1 aromatic heterocycles. The molecule has 118 valence electrons. The van der Waals surface area contributed by atoms with E-state index in [1.54, 1.807) is 23.0 Å². The highest BCUT2D eigenvalue weighted by atomic mass is 32.2. The zero-order valence-corrected chi connectivity index (χ0v) is 13.2. The van der Waals surface area contributed by atoms with Crippen molar-refractivity contribution in [3.63, 3.8) is 0 Å². The van der Waals surface area contributed by atoms with Gasteiger partial charge in [-0.1, -0.05) is 12.1 Å². The second-order valence-electron chi connectivity index (χ2n) is 5.00. The van der Waals surface area contributed by atoms with Crippen molar-refractivity contribution in [2.75, 3.05) is 11.6 Å². The van der Waals surface area contributed by atoms with Crippen LogP contribution in [0.5, 0.6) is 0 Å². The maximum Gasteiger partial charge on any atom is 0.242 e. The molecule has 8 heteroatoms. The smallest absolute Gasteiger partial charge is 0.242 e. The minimum Gasteiger partial charge on any atom is -0.325 e. The number of hydrogen-bond acceptors (Lipinski definition) is 4. The molecule has 0 aliphatic rings. The van der Waals surface area contributed by atoms with Crippen LogP contribution in [-0.4, -0.2) is 36.4 Å². The number of sulfonamides is 1. The number of carbonyl (C=O) groups is 1. The molecule has 2 rings (SSSR count). The van der Waals surface area contributed by atoms with Crippen LogP contribution in [0.25, 0.3) is 0 Å². The second kappa shape index (κ2) is 6.71. The predicted octanol–water partition coefficient (Wildman–Crippen LogP) is 0.808. The van der Waals surface area contributed by atoms with E-state index >= 15 is 0 Å². The van der Waals surface area contributed by atoms with E-state index in [1.807, 2.05) is 24.4 Å². The molecular formula is C14H18N4O3S. The number of nitrogens with zero attached hydrogens (tertiary/aromatic N) is 2. The maximum atomic E-state index is 11.9. The molecule has 0 aliphatic carbocycles. The summed E-state index contributed by atoms with van der Waals surface area (Å²) in [4.78, 5) is 11.9. The van der Waals surface area contributed by atoms with E-state index in [0.717, 1.165) is 11.8 Å². The minimum absolute atomic E-state index is 0.412. The highest BCUT2D eigenvalue weighted by Gasteiger charge is 2.16. The van der Waals surface area contributed by atoms with Gasteiger partial charge >= 0.3 is 0 Å². The minimum atomic E-state index is -3.42. The average molecular weight is 322 g/mol. The number of anilines is 1. The van der Waals surface area contributed by atoms with Crippen LogP contribution in [0.15, 0.2) is 42.7 Å². The van der Waals surface area contributed by atoms with Crippen LogP contribution in [0, 0.1) is 0 Å². The third-order valence-corrected chi connectivity index (χ3v) is 3.69. The molecule has 0 saturated heterocycles. The number of aromatic nitrogens is 2. The lowest BCUT2D eigenvalue weighted by atomic mass is 10.2. The van der Waals surface area contributed by atoms with Gasteiger partial charge in [0.25, 0.3) is 0 Å². The van der Waals surface area contributed by atoms with E-state index in [-0.39, 0.29) is 0 Å². The molecule has 1 amide bonds. The summed E-state index contributed by atoms with van der Waals surface area (Å²) in [5, 5.41) is 6.78. The molecule has 0 bridgehead atoms.